The minimum absolute atomic E-state index is 0.172. The summed E-state index contributed by atoms with van der Waals surface area (Å²) in [7, 11) is 0. The minimum atomic E-state index is 0.172. The second kappa shape index (κ2) is 6.38. The molecule has 2 aromatic rings. The van der Waals surface area contributed by atoms with E-state index in [2.05, 4.69) is 40.4 Å². The molecule has 23 heavy (non-hydrogen) atoms. The molecule has 2 fully saturated rings. The van der Waals surface area contributed by atoms with Gasteiger partial charge < -0.3 is 10.1 Å². The SMILES string of the molecule is Cc1cc(C2CNCCO2)ccc1Cc1ncc(C2CC2)cn1. The van der Waals surface area contributed by atoms with Gasteiger partial charge in [-0.1, -0.05) is 18.2 Å². The van der Waals surface area contributed by atoms with Crippen LogP contribution in [-0.4, -0.2) is 29.7 Å². The number of hydrogen-bond donors (Lipinski definition) is 1. The van der Waals surface area contributed by atoms with Gasteiger partial charge in [0.2, 0.25) is 0 Å². The molecule has 1 aromatic heterocycles. The fourth-order valence-electron chi connectivity index (χ4n) is 3.15. The van der Waals surface area contributed by atoms with E-state index in [1.54, 1.807) is 0 Å². The first kappa shape index (κ1) is 14.8. The van der Waals surface area contributed by atoms with Crippen molar-refractivity contribution in [1.29, 1.82) is 0 Å². The molecule has 1 aromatic carbocycles. The molecule has 120 valence electrons. The van der Waals surface area contributed by atoms with Crippen LogP contribution in [0.3, 0.4) is 0 Å². The molecule has 1 atom stereocenters. The molecule has 1 aliphatic carbocycles. The van der Waals surface area contributed by atoms with Crippen molar-refractivity contribution in [2.45, 2.75) is 38.2 Å². The molecule has 1 saturated carbocycles. The standard InChI is InChI=1S/C19H23N3O/c1-13-8-16(18-12-20-6-7-23-18)5-4-15(13)9-19-21-10-17(11-22-19)14-2-3-14/h4-5,8,10-11,14,18,20H,2-3,6-7,9,12H2,1H3. The second-order valence-corrected chi connectivity index (χ2v) is 6.63. The third kappa shape index (κ3) is 3.43. The van der Waals surface area contributed by atoms with Crippen LogP contribution in [0.1, 0.15) is 52.9 Å². The monoisotopic (exact) mass is 309 g/mol. The molecule has 2 heterocycles. The van der Waals surface area contributed by atoms with E-state index >= 15 is 0 Å². The summed E-state index contributed by atoms with van der Waals surface area (Å²) >= 11 is 0. The topological polar surface area (TPSA) is 47.0 Å². The van der Waals surface area contributed by atoms with Crippen LogP contribution in [0.5, 0.6) is 0 Å². The summed E-state index contributed by atoms with van der Waals surface area (Å²) in [5, 5.41) is 3.38. The average molecular weight is 309 g/mol. The summed E-state index contributed by atoms with van der Waals surface area (Å²) < 4.78 is 5.83. The number of nitrogens with zero attached hydrogens (tertiary/aromatic N) is 2. The van der Waals surface area contributed by atoms with Crippen molar-refractivity contribution in [2.75, 3.05) is 19.7 Å². The van der Waals surface area contributed by atoms with E-state index in [0.717, 1.165) is 31.9 Å². The van der Waals surface area contributed by atoms with E-state index in [1.165, 1.54) is 35.1 Å². The summed E-state index contributed by atoms with van der Waals surface area (Å²) in [5.74, 6) is 1.62. The van der Waals surface area contributed by atoms with E-state index in [4.69, 9.17) is 4.74 Å². The van der Waals surface area contributed by atoms with Gasteiger partial charge in [0.05, 0.1) is 12.7 Å². The Kier molecular flexibility index (Phi) is 4.10. The van der Waals surface area contributed by atoms with Gasteiger partial charge in [0.1, 0.15) is 5.82 Å². The van der Waals surface area contributed by atoms with Crippen molar-refractivity contribution >= 4 is 0 Å². The molecule has 0 amide bonds. The first-order valence-corrected chi connectivity index (χ1v) is 8.52. The van der Waals surface area contributed by atoms with E-state index in [1.807, 2.05) is 12.4 Å². The van der Waals surface area contributed by atoms with E-state index < -0.39 is 0 Å². The van der Waals surface area contributed by atoms with Gasteiger partial charge in [0.15, 0.2) is 0 Å². The van der Waals surface area contributed by atoms with Crippen molar-refractivity contribution in [3.05, 3.63) is 58.7 Å². The highest BCUT2D eigenvalue weighted by atomic mass is 16.5. The van der Waals surface area contributed by atoms with E-state index in [0.29, 0.717) is 5.92 Å². The maximum atomic E-state index is 5.83. The minimum Gasteiger partial charge on any atom is -0.371 e. The Labute approximate surface area is 137 Å². The predicted octanol–water partition coefficient (Wildman–Crippen LogP) is 2.91. The van der Waals surface area contributed by atoms with Gasteiger partial charge >= 0.3 is 0 Å². The zero-order chi connectivity index (χ0) is 15.6. The van der Waals surface area contributed by atoms with Crippen molar-refractivity contribution in [3.63, 3.8) is 0 Å². The maximum Gasteiger partial charge on any atom is 0.132 e. The third-order valence-corrected chi connectivity index (χ3v) is 4.79. The molecule has 4 heteroatoms. The Morgan fingerprint density at radius 3 is 2.65 bits per heavy atom. The molecule has 1 N–H and O–H groups in total. The van der Waals surface area contributed by atoms with Gasteiger partial charge in [-0.2, -0.15) is 0 Å². The predicted molar refractivity (Wildman–Crippen MR) is 89.6 cm³/mol. The number of rotatable bonds is 4. The molecule has 0 bridgehead atoms. The molecular weight excluding hydrogens is 286 g/mol. The molecule has 2 aliphatic rings. The molecule has 0 radical (unpaired) electrons. The Hall–Kier alpha value is -1.78. The Balaban J connectivity index is 1.47. The molecule has 1 saturated heterocycles. The van der Waals surface area contributed by atoms with Gasteiger partial charge in [-0.15, -0.1) is 0 Å². The molecular formula is C19H23N3O. The van der Waals surface area contributed by atoms with Crippen LogP contribution in [0.25, 0.3) is 0 Å². The van der Waals surface area contributed by atoms with Crippen molar-refractivity contribution in [1.82, 2.24) is 15.3 Å². The molecule has 1 aliphatic heterocycles. The van der Waals surface area contributed by atoms with Crippen LogP contribution in [0.4, 0.5) is 0 Å². The Morgan fingerprint density at radius 2 is 2.00 bits per heavy atom. The largest absolute Gasteiger partial charge is 0.371 e. The number of benzene rings is 1. The smallest absolute Gasteiger partial charge is 0.132 e. The van der Waals surface area contributed by atoms with Crippen LogP contribution < -0.4 is 5.32 Å². The molecule has 4 rings (SSSR count). The lowest BCUT2D eigenvalue weighted by atomic mass is 9.99. The van der Waals surface area contributed by atoms with Crippen LogP contribution in [-0.2, 0) is 11.2 Å². The highest BCUT2D eigenvalue weighted by Crippen LogP contribution is 2.39. The summed E-state index contributed by atoms with van der Waals surface area (Å²) in [6, 6.07) is 6.62. The number of morpholine rings is 1. The van der Waals surface area contributed by atoms with Gasteiger partial charge in [-0.3, -0.25) is 0 Å². The van der Waals surface area contributed by atoms with Crippen molar-refractivity contribution < 1.29 is 4.74 Å². The van der Waals surface area contributed by atoms with Gasteiger partial charge in [0.25, 0.3) is 0 Å². The fraction of sp³-hybridized carbons (Fsp3) is 0.474. The maximum absolute atomic E-state index is 5.83. The average Bonchev–Trinajstić information content (AvgIpc) is 3.43. The number of hydrogen-bond acceptors (Lipinski definition) is 4. The molecule has 4 nitrogen and oxygen atoms in total. The van der Waals surface area contributed by atoms with Gasteiger partial charge in [-0.05, 0) is 47.9 Å². The lowest BCUT2D eigenvalue weighted by Crippen LogP contribution is -2.33. The third-order valence-electron chi connectivity index (χ3n) is 4.79. The first-order valence-electron chi connectivity index (χ1n) is 8.52. The highest BCUT2D eigenvalue weighted by Gasteiger charge is 2.24. The quantitative estimate of drug-likeness (QED) is 0.943. The van der Waals surface area contributed by atoms with Crippen LogP contribution in [0.15, 0.2) is 30.6 Å². The van der Waals surface area contributed by atoms with E-state index in [9.17, 15) is 0 Å². The highest BCUT2D eigenvalue weighted by molar-refractivity contribution is 5.34. The van der Waals surface area contributed by atoms with Crippen LogP contribution >= 0.6 is 0 Å². The molecule has 1 unspecified atom stereocenters. The second-order valence-electron chi connectivity index (χ2n) is 6.63. The summed E-state index contributed by atoms with van der Waals surface area (Å²) in [6.45, 7) is 4.78. The van der Waals surface area contributed by atoms with Crippen LogP contribution in [0, 0.1) is 6.92 Å². The van der Waals surface area contributed by atoms with Crippen LogP contribution in [0.2, 0.25) is 0 Å². The van der Waals surface area contributed by atoms with E-state index in [-0.39, 0.29) is 6.10 Å². The Morgan fingerprint density at radius 1 is 1.17 bits per heavy atom. The van der Waals surface area contributed by atoms with Gasteiger partial charge in [-0.25, -0.2) is 9.97 Å². The lowest BCUT2D eigenvalue weighted by Gasteiger charge is -2.24. The Bertz CT molecular complexity index is 674. The summed E-state index contributed by atoms with van der Waals surface area (Å²) in [5.41, 5.74) is 5.12. The number of aromatic nitrogens is 2. The zero-order valence-corrected chi connectivity index (χ0v) is 13.6. The number of ether oxygens (including phenoxy) is 1. The fourth-order valence-corrected chi connectivity index (χ4v) is 3.15. The van der Waals surface area contributed by atoms with Crippen molar-refractivity contribution in [3.8, 4) is 0 Å². The summed E-state index contributed by atoms with van der Waals surface area (Å²) in [4.78, 5) is 9.09. The first-order chi connectivity index (χ1) is 11.3. The lowest BCUT2D eigenvalue weighted by molar-refractivity contribution is 0.0276. The van der Waals surface area contributed by atoms with Crippen molar-refractivity contribution in [2.24, 2.45) is 0 Å². The number of aryl methyl sites for hydroxylation is 1. The normalized spacial score (nSPS) is 21.3. The summed E-state index contributed by atoms with van der Waals surface area (Å²) in [6.07, 6.45) is 7.56. The van der Waals surface area contributed by atoms with Gasteiger partial charge in [0, 0.05) is 31.9 Å². The zero-order valence-electron chi connectivity index (χ0n) is 13.6. The number of nitrogens with one attached hydrogen (secondary N) is 1. The molecule has 0 spiro atoms.